The molecule has 0 amide bonds. The third-order valence-corrected chi connectivity index (χ3v) is 5.86. The molecule has 5 heteroatoms. The van der Waals surface area contributed by atoms with E-state index < -0.39 is 0 Å². The number of nitrogens with zero attached hydrogens (tertiary/aromatic N) is 3. The van der Waals surface area contributed by atoms with Crippen molar-refractivity contribution < 1.29 is 9.84 Å². The fourth-order valence-electron chi connectivity index (χ4n) is 3.96. The normalized spacial score (nSPS) is 14.5. The van der Waals surface area contributed by atoms with Gasteiger partial charge >= 0.3 is 0 Å². The smallest absolute Gasteiger partial charge is 0.227 e. The summed E-state index contributed by atoms with van der Waals surface area (Å²) in [6.45, 7) is 8.15. The molecule has 32 heavy (non-hydrogen) atoms. The molecule has 1 fully saturated rings. The van der Waals surface area contributed by atoms with Crippen molar-refractivity contribution in [2.75, 3.05) is 13.1 Å². The van der Waals surface area contributed by atoms with Crippen molar-refractivity contribution in [1.29, 1.82) is 0 Å². The number of benzene rings is 2. The van der Waals surface area contributed by atoms with E-state index >= 15 is 0 Å². The van der Waals surface area contributed by atoms with E-state index in [-0.39, 0.29) is 6.10 Å². The Kier molecular flexibility index (Phi) is 7.40. The van der Waals surface area contributed by atoms with Gasteiger partial charge in [0.15, 0.2) is 0 Å². The lowest BCUT2D eigenvalue weighted by molar-refractivity contribution is 0.0991. The van der Waals surface area contributed by atoms with Crippen LogP contribution < -0.4 is 4.74 Å². The van der Waals surface area contributed by atoms with E-state index in [0.717, 1.165) is 53.9 Å². The van der Waals surface area contributed by atoms with Crippen molar-refractivity contribution in [3.05, 3.63) is 84.6 Å². The van der Waals surface area contributed by atoms with Gasteiger partial charge in [-0.3, -0.25) is 4.90 Å². The summed E-state index contributed by atoms with van der Waals surface area (Å²) >= 11 is 0. The highest BCUT2D eigenvalue weighted by molar-refractivity contribution is 5.43. The fraction of sp³-hybridized carbons (Fsp3) is 0.370. The number of aryl methyl sites for hydroxylation is 1. The lowest BCUT2D eigenvalue weighted by Crippen LogP contribution is -2.34. The third-order valence-electron chi connectivity index (χ3n) is 5.86. The Morgan fingerprint density at radius 1 is 1.16 bits per heavy atom. The van der Waals surface area contributed by atoms with Crippen molar-refractivity contribution >= 4 is 0 Å². The van der Waals surface area contributed by atoms with Crippen LogP contribution in [0, 0.1) is 12.8 Å². The van der Waals surface area contributed by atoms with E-state index in [9.17, 15) is 5.11 Å². The molecular weight excluding hydrogens is 398 g/mol. The number of hydrogen-bond donors (Lipinski definition) is 1. The molecule has 1 saturated carbocycles. The predicted octanol–water partition coefficient (Wildman–Crippen LogP) is 5.51. The number of hydrogen-bond acceptors (Lipinski definition) is 4. The molecule has 1 atom stereocenters. The zero-order chi connectivity index (χ0) is 22.3. The van der Waals surface area contributed by atoms with Crippen molar-refractivity contribution in [3.63, 3.8) is 0 Å². The molecule has 1 unspecified atom stereocenters. The molecule has 5 nitrogen and oxygen atoms in total. The highest BCUT2D eigenvalue weighted by atomic mass is 16.5. The Morgan fingerprint density at radius 3 is 2.50 bits per heavy atom. The average Bonchev–Trinajstić information content (AvgIpc) is 3.58. The van der Waals surface area contributed by atoms with Gasteiger partial charge in [0.1, 0.15) is 5.75 Å². The summed E-state index contributed by atoms with van der Waals surface area (Å²) in [7, 11) is 0. The van der Waals surface area contributed by atoms with Gasteiger partial charge in [-0.2, -0.15) is 5.10 Å². The number of aliphatic hydroxyl groups is 1. The van der Waals surface area contributed by atoms with Crippen LogP contribution in [0.15, 0.2) is 73.3 Å². The van der Waals surface area contributed by atoms with E-state index in [0.29, 0.717) is 13.1 Å². The molecule has 168 valence electrons. The zero-order valence-electron chi connectivity index (χ0n) is 18.9. The van der Waals surface area contributed by atoms with E-state index in [1.165, 1.54) is 12.8 Å². The molecule has 1 aromatic heterocycles. The largest absolute Gasteiger partial charge is 0.439 e. The summed E-state index contributed by atoms with van der Waals surface area (Å²) < 4.78 is 8.30. The monoisotopic (exact) mass is 431 g/mol. The third kappa shape index (κ3) is 5.87. The first-order valence-corrected chi connectivity index (χ1v) is 11.5. The fourth-order valence-corrected chi connectivity index (χ4v) is 3.96. The Labute approximate surface area is 191 Å². The second-order valence-corrected chi connectivity index (χ2v) is 8.69. The number of allylic oxidation sites excluding steroid dienone is 1. The number of rotatable bonds is 12. The molecule has 4 rings (SSSR count). The topological polar surface area (TPSA) is 50.5 Å². The van der Waals surface area contributed by atoms with Crippen LogP contribution in [0.5, 0.6) is 11.6 Å². The van der Waals surface area contributed by atoms with Crippen LogP contribution in [0.1, 0.15) is 36.9 Å². The SMILES string of the molecule is C=CCCC(O)CN(Cc1c(C)nn(-c2ccccc2)c1Oc1ccccc1)CC1CC1. The van der Waals surface area contributed by atoms with Gasteiger partial charge in [0.25, 0.3) is 0 Å². The lowest BCUT2D eigenvalue weighted by Gasteiger charge is -2.25. The molecule has 0 bridgehead atoms. The van der Waals surface area contributed by atoms with Crippen LogP contribution in [0.4, 0.5) is 0 Å². The molecule has 0 aliphatic heterocycles. The Hall–Kier alpha value is -2.89. The minimum absolute atomic E-state index is 0.366. The quantitative estimate of drug-likeness (QED) is 0.384. The van der Waals surface area contributed by atoms with Gasteiger partial charge < -0.3 is 9.84 Å². The maximum Gasteiger partial charge on any atom is 0.227 e. The lowest BCUT2D eigenvalue weighted by atomic mass is 10.1. The van der Waals surface area contributed by atoms with Crippen LogP contribution in [-0.4, -0.2) is 39.0 Å². The first-order valence-electron chi connectivity index (χ1n) is 11.5. The van der Waals surface area contributed by atoms with Crippen molar-refractivity contribution in [2.24, 2.45) is 5.92 Å². The maximum atomic E-state index is 10.6. The first kappa shape index (κ1) is 22.3. The minimum Gasteiger partial charge on any atom is -0.439 e. The Morgan fingerprint density at radius 2 is 1.84 bits per heavy atom. The van der Waals surface area contributed by atoms with Crippen molar-refractivity contribution in [2.45, 2.75) is 45.3 Å². The van der Waals surface area contributed by atoms with Crippen LogP contribution >= 0.6 is 0 Å². The van der Waals surface area contributed by atoms with E-state index in [1.807, 2.05) is 78.3 Å². The molecule has 1 N–H and O–H groups in total. The van der Waals surface area contributed by atoms with Gasteiger partial charge in [-0.05, 0) is 62.8 Å². The van der Waals surface area contributed by atoms with Gasteiger partial charge in [-0.15, -0.1) is 6.58 Å². The van der Waals surface area contributed by atoms with Crippen molar-refractivity contribution in [1.82, 2.24) is 14.7 Å². The molecule has 1 heterocycles. The van der Waals surface area contributed by atoms with Gasteiger partial charge in [-0.25, -0.2) is 4.68 Å². The summed E-state index contributed by atoms with van der Waals surface area (Å²) in [6, 6.07) is 19.9. The molecule has 3 aromatic rings. The average molecular weight is 432 g/mol. The molecule has 1 aliphatic rings. The number of para-hydroxylation sites is 2. The van der Waals surface area contributed by atoms with Crippen LogP contribution in [0.25, 0.3) is 5.69 Å². The zero-order valence-corrected chi connectivity index (χ0v) is 18.9. The van der Waals surface area contributed by atoms with Crippen LogP contribution in [0.3, 0.4) is 0 Å². The second-order valence-electron chi connectivity index (χ2n) is 8.69. The second kappa shape index (κ2) is 10.6. The highest BCUT2D eigenvalue weighted by Crippen LogP contribution is 2.34. The van der Waals surface area contributed by atoms with Gasteiger partial charge in [0.2, 0.25) is 5.88 Å². The van der Waals surface area contributed by atoms with E-state index in [1.54, 1.807) is 0 Å². The standard InChI is InChI=1S/C27H33N3O2/c1-3-4-13-24(31)19-29(18-22-16-17-22)20-26-21(2)28-30(23-11-7-5-8-12-23)27(26)32-25-14-9-6-10-15-25/h3,5-12,14-15,22,24,31H,1,4,13,16-20H2,2H3. The van der Waals surface area contributed by atoms with Crippen LogP contribution in [-0.2, 0) is 6.54 Å². The summed E-state index contributed by atoms with van der Waals surface area (Å²) in [5.41, 5.74) is 2.97. The number of aliphatic hydroxyl groups excluding tert-OH is 1. The summed E-state index contributed by atoms with van der Waals surface area (Å²) in [4.78, 5) is 2.36. The van der Waals surface area contributed by atoms with Crippen molar-refractivity contribution in [3.8, 4) is 17.3 Å². The molecule has 0 spiro atoms. The van der Waals surface area contributed by atoms with Crippen LogP contribution in [0.2, 0.25) is 0 Å². The Bertz CT molecular complexity index is 997. The van der Waals surface area contributed by atoms with Gasteiger partial charge in [0.05, 0.1) is 23.0 Å². The molecule has 1 aliphatic carbocycles. The predicted molar refractivity (Wildman–Crippen MR) is 128 cm³/mol. The van der Waals surface area contributed by atoms with Gasteiger partial charge in [0, 0.05) is 19.6 Å². The number of aromatic nitrogens is 2. The summed E-state index contributed by atoms with van der Waals surface area (Å²) in [5.74, 6) is 2.25. The van der Waals surface area contributed by atoms with E-state index in [4.69, 9.17) is 9.84 Å². The number of ether oxygens (including phenoxy) is 1. The van der Waals surface area contributed by atoms with Gasteiger partial charge in [-0.1, -0.05) is 42.5 Å². The molecule has 0 radical (unpaired) electrons. The molecule has 0 saturated heterocycles. The van der Waals surface area contributed by atoms with E-state index in [2.05, 4.69) is 11.5 Å². The summed E-state index contributed by atoms with van der Waals surface area (Å²) in [5, 5.41) is 15.4. The molecule has 2 aromatic carbocycles. The Balaban J connectivity index is 1.64. The molecular formula is C27H33N3O2. The first-order chi connectivity index (χ1) is 15.6. The maximum absolute atomic E-state index is 10.6. The highest BCUT2D eigenvalue weighted by Gasteiger charge is 2.28. The minimum atomic E-state index is -0.366. The summed E-state index contributed by atoms with van der Waals surface area (Å²) in [6.07, 6.45) is 5.61.